The summed E-state index contributed by atoms with van der Waals surface area (Å²) < 4.78 is 15.4. The van der Waals surface area contributed by atoms with Gasteiger partial charge in [0.2, 0.25) is 0 Å². The van der Waals surface area contributed by atoms with Crippen LogP contribution in [0.2, 0.25) is 0 Å². The topological polar surface area (TPSA) is 6.48 Å². The van der Waals surface area contributed by atoms with Gasteiger partial charge in [-0.3, -0.25) is 0 Å². The maximum atomic E-state index is 15.4. The van der Waals surface area contributed by atoms with E-state index < -0.39 is 0 Å². The minimum absolute atomic E-state index is 0.265. The molecule has 0 aliphatic carbocycles. The summed E-state index contributed by atoms with van der Waals surface area (Å²) in [6.07, 6.45) is 4.14. The van der Waals surface area contributed by atoms with E-state index in [1.165, 1.54) is 4.91 Å². The van der Waals surface area contributed by atoms with Gasteiger partial charge in [0.25, 0.3) is 0 Å². The molecule has 0 amide bonds. The summed E-state index contributed by atoms with van der Waals surface area (Å²) in [6, 6.07) is 30.3. The number of halogens is 1. The molecule has 0 atom stereocenters. The normalized spacial score (nSPS) is 14.7. The van der Waals surface area contributed by atoms with Crippen molar-refractivity contribution in [2.24, 2.45) is 0 Å². The number of fused-ring (bicyclic) bond motifs is 3. The van der Waals surface area contributed by atoms with Crippen LogP contribution in [0.15, 0.2) is 128 Å². The van der Waals surface area contributed by atoms with E-state index >= 15 is 4.39 Å². The lowest BCUT2D eigenvalue weighted by molar-refractivity contribution is 0.628. The van der Waals surface area contributed by atoms with Gasteiger partial charge >= 0.3 is 0 Å². The molecule has 4 aromatic rings. The Hall–Kier alpha value is -3.41. The van der Waals surface area contributed by atoms with Gasteiger partial charge in [0, 0.05) is 19.6 Å². The van der Waals surface area contributed by atoms with Crippen molar-refractivity contribution in [3.63, 3.8) is 0 Å². The lowest BCUT2D eigenvalue weighted by atomic mass is 10.1. The fourth-order valence-corrected chi connectivity index (χ4v) is 6.72. The largest absolute Gasteiger partial charge is 0.308 e. The van der Waals surface area contributed by atoms with Crippen LogP contribution >= 0.6 is 23.5 Å². The molecule has 0 bridgehead atoms. The van der Waals surface area contributed by atoms with Crippen molar-refractivity contribution in [2.75, 3.05) is 9.80 Å². The molecule has 5 heteroatoms. The molecule has 0 radical (unpaired) electrons. The minimum Gasteiger partial charge on any atom is -0.308 e. The van der Waals surface area contributed by atoms with Gasteiger partial charge in [-0.05, 0) is 74.5 Å². The van der Waals surface area contributed by atoms with E-state index in [0.717, 1.165) is 48.8 Å². The smallest absolute Gasteiger partial charge is 0.127 e. The molecule has 0 saturated carbocycles. The number of anilines is 5. The predicted octanol–water partition coefficient (Wildman–Crippen LogP) is 9.81. The van der Waals surface area contributed by atoms with Gasteiger partial charge in [-0.15, -0.1) is 0 Å². The van der Waals surface area contributed by atoms with Crippen molar-refractivity contribution in [1.82, 2.24) is 0 Å². The first-order chi connectivity index (χ1) is 17.1. The summed E-state index contributed by atoms with van der Waals surface area (Å²) in [7, 11) is 0. The molecule has 2 heterocycles. The second-order valence-corrected chi connectivity index (χ2v) is 10.7. The molecule has 2 aliphatic rings. The highest BCUT2D eigenvalue weighted by Gasteiger charge is 2.28. The molecule has 2 nitrogen and oxygen atoms in total. The number of nitrogens with zero attached hydrogens (tertiary/aromatic N) is 2. The summed E-state index contributed by atoms with van der Waals surface area (Å²) in [4.78, 5) is 8.99. The molecule has 35 heavy (non-hydrogen) atoms. The van der Waals surface area contributed by atoms with Crippen molar-refractivity contribution < 1.29 is 4.39 Å². The number of rotatable bonds is 3. The Kier molecular flexibility index (Phi) is 5.67. The third kappa shape index (κ3) is 3.85. The number of para-hydroxylation sites is 3. The van der Waals surface area contributed by atoms with Crippen molar-refractivity contribution >= 4 is 52.0 Å². The molecule has 6 rings (SSSR count). The number of hydrogen-bond acceptors (Lipinski definition) is 4. The number of benzene rings is 4. The molecule has 2 aliphatic heterocycles. The first kappa shape index (κ1) is 22.1. The predicted molar refractivity (Wildman–Crippen MR) is 147 cm³/mol. The summed E-state index contributed by atoms with van der Waals surface area (Å²) in [5, 5.41) is 0. The highest BCUT2D eigenvalue weighted by molar-refractivity contribution is 8.03. The van der Waals surface area contributed by atoms with Crippen LogP contribution in [0, 0.1) is 5.82 Å². The second-order valence-electron chi connectivity index (χ2n) is 8.39. The zero-order valence-corrected chi connectivity index (χ0v) is 21.0. The highest BCUT2D eigenvalue weighted by atomic mass is 32.2. The zero-order chi connectivity index (χ0) is 23.9. The third-order valence-corrected chi connectivity index (χ3v) is 8.32. The Bertz CT molecular complexity index is 1460. The monoisotopic (exact) mass is 494 g/mol. The Labute approximate surface area is 213 Å². The van der Waals surface area contributed by atoms with Crippen LogP contribution < -0.4 is 9.80 Å². The average Bonchev–Trinajstić information content (AvgIpc) is 2.87. The fourth-order valence-electron chi connectivity index (χ4n) is 4.66. The van der Waals surface area contributed by atoms with Crippen LogP contribution in [0.3, 0.4) is 0 Å². The summed E-state index contributed by atoms with van der Waals surface area (Å²) in [5.74, 6) is -0.265. The van der Waals surface area contributed by atoms with Crippen LogP contribution in [0.5, 0.6) is 0 Å². The summed E-state index contributed by atoms with van der Waals surface area (Å²) in [5.41, 5.74) is 5.83. The Morgan fingerprint density at radius 1 is 0.657 bits per heavy atom. The van der Waals surface area contributed by atoms with E-state index in [1.54, 1.807) is 35.7 Å². The molecule has 0 fully saturated rings. The SMILES string of the molecule is C/C=C\C1=C(C)Sc2ccccc2N1c1cc(F)cc(N2c3ccccc3Sc3ccccc32)c1. The fraction of sp³-hybridized carbons (Fsp3) is 0.0667. The molecule has 0 unspecified atom stereocenters. The van der Waals surface area contributed by atoms with Crippen molar-refractivity contribution in [1.29, 1.82) is 0 Å². The maximum Gasteiger partial charge on any atom is 0.127 e. The van der Waals surface area contributed by atoms with Crippen LogP contribution in [0.4, 0.5) is 32.8 Å². The second kappa shape index (κ2) is 8.99. The van der Waals surface area contributed by atoms with E-state index in [2.05, 4.69) is 65.3 Å². The van der Waals surface area contributed by atoms with Gasteiger partial charge in [-0.25, -0.2) is 4.39 Å². The average molecular weight is 495 g/mol. The molecule has 0 saturated heterocycles. The molecule has 0 aromatic heterocycles. The molecular weight excluding hydrogens is 471 g/mol. The highest BCUT2D eigenvalue weighted by Crippen LogP contribution is 2.53. The van der Waals surface area contributed by atoms with E-state index in [0.29, 0.717) is 0 Å². The number of thioether (sulfide) groups is 1. The van der Waals surface area contributed by atoms with E-state index in [9.17, 15) is 0 Å². The maximum absolute atomic E-state index is 15.4. The van der Waals surface area contributed by atoms with Crippen LogP contribution in [0.1, 0.15) is 13.8 Å². The van der Waals surface area contributed by atoms with Crippen LogP contribution in [-0.4, -0.2) is 0 Å². The first-order valence-electron chi connectivity index (χ1n) is 11.5. The standard InChI is InChI=1S/C30H23FN2S2/c1-3-10-24-20(2)34-28-14-7-4-11-25(28)32(24)22-17-21(31)18-23(19-22)33-26-12-5-8-15-29(26)35-30-16-9-6-13-27(30)33/h3-19H,1-2H3/b10-3-. The molecular formula is C30H23FN2S2. The lowest BCUT2D eigenvalue weighted by Crippen LogP contribution is -2.21. The minimum atomic E-state index is -0.265. The summed E-state index contributed by atoms with van der Waals surface area (Å²) >= 11 is 3.51. The van der Waals surface area contributed by atoms with Gasteiger partial charge in [0.05, 0.1) is 34.1 Å². The van der Waals surface area contributed by atoms with Gasteiger partial charge < -0.3 is 9.80 Å². The molecule has 0 spiro atoms. The van der Waals surface area contributed by atoms with Crippen molar-refractivity contribution in [3.8, 4) is 0 Å². The Balaban J connectivity index is 1.57. The quantitative estimate of drug-likeness (QED) is 0.246. The van der Waals surface area contributed by atoms with E-state index in [1.807, 2.05) is 49.4 Å². The lowest BCUT2D eigenvalue weighted by Gasteiger charge is -2.36. The van der Waals surface area contributed by atoms with Gasteiger partial charge in [0.1, 0.15) is 5.82 Å². The van der Waals surface area contributed by atoms with Crippen LogP contribution in [0.25, 0.3) is 0 Å². The number of hydrogen-bond donors (Lipinski definition) is 0. The zero-order valence-electron chi connectivity index (χ0n) is 19.4. The van der Waals surface area contributed by atoms with E-state index in [4.69, 9.17) is 0 Å². The Morgan fingerprint density at radius 2 is 1.14 bits per heavy atom. The van der Waals surface area contributed by atoms with E-state index in [-0.39, 0.29) is 5.82 Å². The van der Waals surface area contributed by atoms with Crippen molar-refractivity contribution in [3.05, 3.63) is 120 Å². The summed E-state index contributed by atoms with van der Waals surface area (Å²) in [6.45, 7) is 4.14. The van der Waals surface area contributed by atoms with Crippen LogP contribution in [-0.2, 0) is 0 Å². The molecule has 0 N–H and O–H groups in total. The van der Waals surface area contributed by atoms with Gasteiger partial charge in [0.15, 0.2) is 0 Å². The number of allylic oxidation sites excluding steroid dienone is 3. The third-order valence-electron chi connectivity index (χ3n) is 6.11. The molecule has 4 aromatic carbocycles. The molecule has 172 valence electrons. The van der Waals surface area contributed by atoms with Crippen molar-refractivity contribution in [2.45, 2.75) is 28.5 Å². The van der Waals surface area contributed by atoms with Gasteiger partial charge in [-0.1, -0.05) is 66.0 Å². The van der Waals surface area contributed by atoms with Gasteiger partial charge in [-0.2, -0.15) is 0 Å². The first-order valence-corrected chi connectivity index (χ1v) is 13.1. The Morgan fingerprint density at radius 3 is 1.71 bits per heavy atom.